The van der Waals surface area contributed by atoms with Crippen molar-refractivity contribution < 1.29 is 19.2 Å². The molecule has 0 amide bonds. The SMILES string of the molecule is Cc1cc(C(=O)Oc2ccc(C)c3c2C(=O)CCC3)ccc1[N+](=O)[O-]. The van der Waals surface area contributed by atoms with Gasteiger partial charge >= 0.3 is 5.97 Å². The lowest BCUT2D eigenvalue weighted by Gasteiger charge is -2.20. The van der Waals surface area contributed by atoms with E-state index in [-0.39, 0.29) is 22.8 Å². The Hall–Kier alpha value is -3.02. The molecule has 0 unspecified atom stereocenters. The number of ether oxygens (including phenoxy) is 1. The summed E-state index contributed by atoms with van der Waals surface area (Å²) in [6.45, 7) is 3.49. The number of rotatable bonds is 3. The molecular weight excluding hydrogens is 322 g/mol. The summed E-state index contributed by atoms with van der Waals surface area (Å²) in [4.78, 5) is 35.1. The Morgan fingerprint density at radius 1 is 1.12 bits per heavy atom. The van der Waals surface area contributed by atoms with Crippen LogP contribution in [0.4, 0.5) is 5.69 Å². The number of carbonyl (C=O) groups excluding carboxylic acids is 2. The summed E-state index contributed by atoms with van der Waals surface area (Å²) in [6, 6.07) is 7.52. The fourth-order valence-corrected chi connectivity index (χ4v) is 3.14. The average molecular weight is 339 g/mol. The first kappa shape index (κ1) is 16.8. The maximum absolute atomic E-state index is 12.4. The molecule has 0 bridgehead atoms. The van der Waals surface area contributed by atoms with Crippen molar-refractivity contribution in [3.63, 3.8) is 0 Å². The van der Waals surface area contributed by atoms with Crippen LogP contribution in [-0.4, -0.2) is 16.7 Å². The topological polar surface area (TPSA) is 86.5 Å². The Bertz CT molecular complexity index is 901. The standard InChI is InChI=1S/C19H17NO5/c1-11-6-9-17(18-14(11)4-3-5-16(18)21)25-19(22)13-7-8-15(20(23)24)12(2)10-13/h6-10H,3-5H2,1-2H3. The van der Waals surface area contributed by atoms with Gasteiger partial charge in [0.25, 0.3) is 5.69 Å². The largest absolute Gasteiger partial charge is 0.422 e. The molecule has 128 valence electrons. The molecule has 25 heavy (non-hydrogen) atoms. The molecule has 3 rings (SSSR count). The zero-order valence-electron chi connectivity index (χ0n) is 14.0. The summed E-state index contributed by atoms with van der Waals surface area (Å²) in [5.74, 6) is -0.402. The van der Waals surface area contributed by atoms with Crippen LogP contribution in [0.1, 0.15) is 50.2 Å². The lowest BCUT2D eigenvalue weighted by Crippen LogP contribution is -2.17. The molecule has 6 nitrogen and oxygen atoms in total. The number of Topliss-reactive ketones (excluding diaryl/α,β-unsaturated/α-hetero) is 1. The van der Waals surface area contributed by atoms with Crippen LogP contribution in [0.5, 0.6) is 5.75 Å². The fraction of sp³-hybridized carbons (Fsp3) is 0.263. The van der Waals surface area contributed by atoms with Crippen molar-refractivity contribution in [3.8, 4) is 5.75 Å². The molecule has 0 saturated carbocycles. The molecule has 1 aliphatic rings. The monoisotopic (exact) mass is 339 g/mol. The van der Waals surface area contributed by atoms with Crippen LogP contribution in [0.2, 0.25) is 0 Å². The molecule has 0 saturated heterocycles. The maximum Gasteiger partial charge on any atom is 0.343 e. The maximum atomic E-state index is 12.4. The van der Waals surface area contributed by atoms with Crippen molar-refractivity contribution in [2.75, 3.05) is 0 Å². The minimum absolute atomic E-state index is 0.0207. The number of ketones is 1. The van der Waals surface area contributed by atoms with Crippen LogP contribution in [0.3, 0.4) is 0 Å². The van der Waals surface area contributed by atoms with Gasteiger partial charge in [0.2, 0.25) is 0 Å². The van der Waals surface area contributed by atoms with Crippen LogP contribution >= 0.6 is 0 Å². The predicted octanol–water partition coefficient (Wildman–Crippen LogP) is 3.95. The Morgan fingerprint density at radius 2 is 1.88 bits per heavy atom. The lowest BCUT2D eigenvalue weighted by molar-refractivity contribution is -0.385. The fourth-order valence-electron chi connectivity index (χ4n) is 3.14. The van der Waals surface area contributed by atoms with Gasteiger partial charge < -0.3 is 4.74 Å². The molecule has 0 heterocycles. The first-order valence-electron chi connectivity index (χ1n) is 8.01. The number of carbonyl (C=O) groups is 2. The van der Waals surface area contributed by atoms with Crippen molar-refractivity contribution in [1.82, 2.24) is 0 Å². The number of fused-ring (bicyclic) bond motifs is 1. The number of nitro benzene ring substituents is 1. The van der Waals surface area contributed by atoms with E-state index in [1.165, 1.54) is 18.2 Å². The van der Waals surface area contributed by atoms with Crippen molar-refractivity contribution >= 4 is 17.4 Å². The second kappa shape index (κ2) is 6.47. The second-order valence-electron chi connectivity index (χ2n) is 6.16. The quantitative estimate of drug-likeness (QED) is 0.366. The molecular formula is C19H17NO5. The molecule has 2 aromatic rings. The Morgan fingerprint density at radius 3 is 2.56 bits per heavy atom. The number of esters is 1. The van der Waals surface area contributed by atoms with Crippen molar-refractivity contribution in [2.24, 2.45) is 0 Å². The van der Waals surface area contributed by atoms with Crippen LogP contribution in [0, 0.1) is 24.0 Å². The number of aryl methyl sites for hydroxylation is 2. The van der Waals surface area contributed by atoms with Crippen LogP contribution in [0.15, 0.2) is 30.3 Å². The van der Waals surface area contributed by atoms with Crippen LogP contribution in [0.25, 0.3) is 0 Å². The van der Waals surface area contributed by atoms with E-state index in [4.69, 9.17) is 4.74 Å². The van der Waals surface area contributed by atoms with Crippen molar-refractivity contribution in [1.29, 1.82) is 0 Å². The minimum Gasteiger partial charge on any atom is -0.422 e. The molecule has 0 N–H and O–H groups in total. The van der Waals surface area contributed by atoms with E-state index < -0.39 is 10.9 Å². The van der Waals surface area contributed by atoms with E-state index in [0.29, 0.717) is 17.5 Å². The Balaban J connectivity index is 1.93. The van der Waals surface area contributed by atoms with E-state index in [9.17, 15) is 19.7 Å². The van der Waals surface area contributed by atoms with Gasteiger partial charge in [0.15, 0.2) is 5.78 Å². The highest BCUT2D eigenvalue weighted by atomic mass is 16.6. The van der Waals surface area contributed by atoms with Crippen molar-refractivity contribution in [3.05, 3.63) is 68.3 Å². The lowest BCUT2D eigenvalue weighted by atomic mass is 9.87. The summed E-state index contributed by atoms with van der Waals surface area (Å²) < 4.78 is 5.45. The Labute approximate surface area is 144 Å². The minimum atomic E-state index is -0.637. The predicted molar refractivity (Wildman–Crippen MR) is 91.2 cm³/mol. The highest BCUT2D eigenvalue weighted by molar-refractivity contribution is 6.02. The summed E-state index contributed by atoms with van der Waals surface area (Å²) in [5, 5.41) is 10.9. The number of nitrogens with zero attached hydrogens (tertiary/aromatic N) is 1. The summed E-state index contributed by atoms with van der Waals surface area (Å²) >= 11 is 0. The highest BCUT2D eigenvalue weighted by Gasteiger charge is 2.25. The normalized spacial score (nSPS) is 13.3. The molecule has 0 aromatic heterocycles. The number of benzene rings is 2. The van der Waals surface area contributed by atoms with E-state index >= 15 is 0 Å². The second-order valence-corrected chi connectivity index (χ2v) is 6.16. The van der Waals surface area contributed by atoms with Gasteiger partial charge in [-0.3, -0.25) is 14.9 Å². The Kier molecular flexibility index (Phi) is 4.35. The molecule has 0 atom stereocenters. The zero-order valence-corrected chi connectivity index (χ0v) is 14.0. The van der Waals surface area contributed by atoms with E-state index in [2.05, 4.69) is 0 Å². The molecule has 2 aromatic carbocycles. The van der Waals surface area contributed by atoms with Gasteiger partial charge in [0.1, 0.15) is 5.75 Å². The van der Waals surface area contributed by atoms with Gasteiger partial charge in [-0.15, -0.1) is 0 Å². The van der Waals surface area contributed by atoms with Gasteiger partial charge in [-0.05, 0) is 56.0 Å². The highest BCUT2D eigenvalue weighted by Crippen LogP contribution is 2.32. The van der Waals surface area contributed by atoms with Crippen molar-refractivity contribution in [2.45, 2.75) is 33.1 Å². The van der Waals surface area contributed by atoms with Gasteiger partial charge in [0.05, 0.1) is 16.1 Å². The third kappa shape index (κ3) is 3.15. The molecule has 1 aliphatic carbocycles. The third-order valence-corrected chi connectivity index (χ3v) is 4.45. The first-order chi connectivity index (χ1) is 11.9. The van der Waals surface area contributed by atoms with E-state index in [0.717, 1.165) is 24.0 Å². The van der Waals surface area contributed by atoms with E-state index in [1.807, 2.05) is 13.0 Å². The van der Waals surface area contributed by atoms with Gasteiger partial charge in [-0.1, -0.05) is 6.07 Å². The first-order valence-corrected chi connectivity index (χ1v) is 8.01. The molecule has 0 radical (unpaired) electrons. The smallest absolute Gasteiger partial charge is 0.343 e. The van der Waals surface area contributed by atoms with Gasteiger partial charge in [-0.25, -0.2) is 4.79 Å². The molecule has 0 fully saturated rings. The summed E-state index contributed by atoms with van der Waals surface area (Å²) in [6.07, 6.45) is 2.03. The average Bonchev–Trinajstić information content (AvgIpc) is 2.57. The summed E-state index contributed by atoms with van der Waals surface area (Å²) in [5.41, 5.74) is 2.95. The van der Waals surface area contributed by atoms with Gasteiger partial charge in [0, 0.05) is 18.1 Å². The number of hydrogen-bond donors (Lipinski definition) is 0. The number of hydrogen-bond acceptors (Lipinski definition) is 5. The van der Waals surface area contributed by atoms with Crippen LogP contribution < -0.4 is 4.74 Å². The third-order valence-electron chi connectivity index (χ3n) is 4.45. The van der Waals surface area contributed by atoms with Crippen LogP contribution in [-0.2, 0) is 6.42 Å². The zero-order chi connectivity index (χ0) is 18.1. The van der Waals surface area contributed by atoms with E-state index in [1.54, 1.807) is 13.0 Å². The molecule has 0 spiro atoms. The molecule has 0 aliphatic heterocycles. The van der Waals surface area contributed by atoms with Gasteiger partial charge in [-0.2, -0.15) is 0 Å². The molecule has 6 heteroatoms. The number of nitro groups is 1. The summed E-state index contributed by atoms with van der Waals surface area (Å²) in [7, 11) is 0.